The topological polar surface area (TPSA) is 115 Å². The average molecular weight is 371 g/mol. The summed E-state index contributed by atoms with van der Waals surface area (Å²) in [4.78, 5) is 40.7. The number of carbonyl (C=O) groups excluding carboxylic acids is 1. The molecule has 1 aromatic heterocycles. The van der Waals surface area contributed by atoms with Crippen molar-refractivity contribution in [2.75, 3.05) is 61.6 Å². The van der Waals surface area contributed by atoms with Crippen LogP contribution in [0.2, 0.25) is 0 Å². The molecular weight excluding hydrogens is 346 g/mol. The fraction of sp³-hybridized carbons (Fsp3) is 0.643. The minimum atomic E-state index is -1.06. The third-order valence-corrected chi connectivity index (χ3v) is 4.13. The molecule has 2 N–H and O–H groups in total. The van der Waals surface area contributed by atoms with E-state index in [0.29, 0.717) is 23.7 Å². The van der Waals surface area contributed by atoms with Crippen LogP contribution in [0, 0.1) is 0 Å². The average Bonchev–Trinajstić information content (AvgIpc) is 2.52. The summed E-state index contributed by atoms with van der Waals surface area (Å²) in [5, 5.41) is 11.5. The van der Waals surface area contributed by atoms with E-state index in [1.54, 1.807) is 14.7 Å². The first-order chi connectivity index (χ1) is 11.6. The Labute approximate surface area is 151 Å². The van der Waals surface area contributed by atoms with E-state index in [1.165, 1.54) is 18.7 Å². The van der Waals surface area contributed by atoms with Gasteiger partial charge in [-0.3, -0.25) is 4.79 Å². The van der Waals surface area contributed by atoms with Crippen LogP contribution < -0.4 is 20.0 Å². The second-order valence-corrected chi connectivity index (χ2v) is 6.81. The molecule has 0 bridgehead atoms. The van der Waals surface area contributed by atoms with Gasteiger partial charge in [0.25, 0.3) is 0 Å². The Morgan fingerprint density at radius 1 is 1.04 bits per heavy atom. The molecule has 1 amide bonds. The summed E-state index contributed by atoms with van der Waals surface area (Å²) in [6.45, 7) is 1.29. The van der Waals surface area contributed by atoms with Gasteiger partial charge in [0, 0.05) is 47.9 Å². The highest BCUT2D eigenvalue weighted by Crippen LogP contribution is 2.17. The normalized spacial score (nSPS) is 11.6. The molecule has 0 fully saturated rings. The molecule has 1 atom stereocenters. The molecule has 0 spiro atoms. The summed E-state index contributed by atoms with van der Waals surface area (Å²) >= 11 is 1.37. The van der Waals surface area contributed by atoms with E-state index in [-0.39, 0.29) is 11.7 Å². The van der Waals surface area contributed by atoms with Gasteiger partial charge in [-0.1, -0.05) is 0 Å². The smallest absolute Gasteiger partial charge is 0.327 e. The molecule has 0 radical (unpaired) electrons. The molecule has 11 heteroatoms. The Kier molecular flexibility index (Phi) is 7.68. The number of rotatable bonds is 9. The number of nitrogens with zero attached hydrogens (tertiary/aromatic N) is 6. The van der Waals surface area contributed by atoms with Gasteiger partial charge in [0.15, 0.2) is 0 Å². The van der Waals surface area contributed by atoms with Crippen LogP contribution in [-0.2, 0) is 9.59 Å². The number of thioether (sulfide) groups is 1. The highest BCUT2D eigenvalue weighted by molar-refractivity contribution is 7.99. The van der Waals surface area contributed by atoms with Crippen LogP contribution in [0.25, 0.3) is 0 Å². The second-order valence-electron chi connectivity index (χ2n) is 5.81. The monoisotopic (exact) mass is 371 g/mol. The molecule has 0 aliphatic heterocycles. The predicted molar refractivity (Wildman–Crippen MR) is 99.4 cm³/mol. The Morgan fingerprint density at radius 3 is 1.92 bits per heavy atom. The maximum atomic E-state index is 11.1. The molecule has 0 saturated heterocycles. The van der Waals surface area contributed by atoms with Gasteiger partial charge in [0.1, 0.15) is 6.04 Å². The van der Waals surface area contributed by atoms with Gasteiger partial charge in [-0.2, -0.15) is 15.0 Å². The SMILES string of the molecule is CC(=O)N[C@H](CSCN(C)c1nc(N(C)C)nc(N(C)C)n1)C(=O)O. The van der Waals surface area contributed by atoms with E-state index in [4.69, 9.17) is 5.11 Å². The van der Waals surface area contributed by atoms with Crippen molar-refractivity contribution in [3.8, 4) is 0 Å². The summed E-state index contributed by atoms with van der Waals surface area (Å²) in [5.41, 5.74) is 0. The first-order valence-corrected chi connectivity index (χ1v) is 8.66. The number of amides is 1. The first-order valence-electron chi connectivity index (χ1n) is 7.51. The van der Waals surface area contributed by atoms with Crippen molar-refractivity contribution in [3.05, 3.63) is 0 Å². The third kappa shape index (κ3) is 6.61. The molecule has 25 heavy (non-hydrogen) atoms. The number of carboxylic acid groups (broad SMARTS) is 1. The Bertz CT molecular complexity index is 586. The summed E-state index contributed by atoms with van der Waals surface area (Å²) in [7, 11) is 9.20. The molecule has 0 aromatic carbocycles. The number of anilines is 3. The molecule has 0 unspecified atom stereocenters. The zero-order valence-electron chi connectivity index (χ0n) is 15.3. The molecule has 1 heterocycles. The van der Waals surface area contributed by atoms with Crippen molar-refractivity contribution in [2.45, 2.75) is 13.0 Å². The maximum absolute atomic E-state index is 11.1. The second kappa shape index (κ2) is 9.25. The van der Waals surface area contributed by atoms with Crippen LogP contribution >= 0.6 is 11.8 Å². The number of aliphatic carboxylic acids is 1. The van der Waals surface area contributed by atoms with E-state index in [0.717, 1.165) is 0 Å². The molecule has 1 rings (SSSR count). The molecule has 1 aromatic rings. The van der Waals surface area contributed by atoms with Crippen LogP contribution in [0.1, 0.15) is 6.92 Å². The minimum Gasteiger partial charge on any atom is -0.480 e. The van der Waals surface area contributed by atoms with Crippen molar-refractivity contribution in [3.63, 3.8) is 0 Å². The van der Waals surface area contributed by atoms with Crippen LogP contribution in [0.3, 0.4) is 0 Å². The van der Waals surface area contributed by atoms with E-state index < -0.39 is 12.0 Å². The zero-order valence-corrected chi connectivity index (χ0v) is 16.2. The Morgan fingerprint density at radius 2 is 1.52 bits per heavy atom. The first kappa shape index (κ1) is 20.7. The van der Waals surface area contributed by atoms with Crippen molar-refractivity contribution >= 4 is 41.5 Å². The predicted octanol–water partition coefficient (Wildman–Crippen LogP) is -0.280. The Balaban J connectivity index is 2.78. The number of carboxylic acids is 1. The van der Waals surface area contributed by atoms with Gasteiger partial charge in [-0.25, -0.2) is 4.79 Å². The van der Waals surface area contributed by atoms with E-state index in [2.05, 4.69) is 20.3 Å². The van der Waals surface area contributed by atoms with E-state index in [1.807, 2.05) is 35.2 Å². The van der Waals surface area contributed by atoms with Crippen LogP contribution in [0.15, 0.2) is 0 Å². The van der Waals surface area contributed by atoms with Crippen molar-refractivity contribution in [2.24, 2.45) is 0 Å². The van der Waals surface area contributed by atoms with Crippen molar-refractivity contribution in [1.82, 2.24) is 20.3 Å². The summed E-state index contributed by atoms with van der Waals surface area (Å²) < 4.78 is 0. The van der Waals surface area contributed by atoms with Crippen LogP contribution in [0.5, 0.6) is 0 Å². The largest absolute Gasteiger partial charge is 0.480 e. The van der Waals surface area contributed by atoms with Gasteiger partial charge in [-0.05, 0) is 0 Å². The van der Waals surface area contributed by atoms with Gasteiger partial charge in [0.2, 0.25) is 23.8 Å². The van der Waals surface area contributed by atoms with Crippen molar-refractivity contribution in [1.29, 1.82) is 0 Å². The number of nitrogens with one attached hydrogen (secondary N) is 1. The van der Waals surface area contributed by atoms with Crippen LogP contribution in [-0.4, -0.2) is 84.8 Å². The molecule has 140 valence electrons. The van der Waals surface area contributed by atoms with Gasteiger partial charge in [0.05, 0.1) is 5.88 Å². The lowest BCUT2D eigenvalue weighted by atomic mass is 10.3. The third-order valence-electron chi connectivity index (χ3n) is 2.99. The number of hydrogen-bond donors (Lipinski definition) is 2. The van der Waals surface area contributed by atoms with Gasteiger partial charge < -0.3 is 25.1 Å². The van der Waals surface area contributed by atoms with E-state index in [9.17, 15) is 9.59 Å². The summed E-state index contributed by atoms with van der Waals surface area (Å²) in [5.74, 6) is 0.833. The summed E-state index contributed by atoms with van der Waals surface area (Å²) in [6, 6.07) is -0.927. The summed E-state index contributed by atoms with van der Waals surface area (Å²) in [6.07, 6.45) is 0. The number of carbonyl (C=O) groups is 2. The highest BCUT2D eigenvalue weighted by atomic mass is 32.2. The molecule has 10 nitrogen and oxygen atoms in total. The quantitative estimate of drug-likeness (QED) is 0.562. The van der Waals surface area contributed by atoms with Crippen molar-refractivity contribution < 1.29 is 14.7 Å². The van der Waals surface area contributed by atoms with Crippen LogP contribution in [0.4, 0.5) is 17.8 Å². The molecular formula is C14H25N7O3S. The molecule has 0 saturated carbocycles. The van der Waals surface area contributed by atoms with Gasteiger partial charge >= 0.3 is 5.97 Å². The number of hydrogen-bond acceptors (Lipinski definition) is 9. The lowest BCUT2D eigenvalue weighted by Crippen LogP contribution is -2.41. The molecule has 0 aliphatic rings. The lowest BCUT2D eigenvalue weighted by molar-refractivity contribution is -0.140. The number of aromatic nitrogens is 3. The lowest BCUT2D eigenvalue weighted by Gasteiger charge is -2.22. The highest BCUT2D eigenvalue weighted by Gasteiger charge is 2.19. The fourth-order valence-corrected chi connectivity index (χ4v) is 2.66. The van der Waals surface area contributed by atoms with Gasteiger partial charge in [-0.15, -0.1) is 11.8 Å². The zero-order chi connectivity index (χ0) is 19.1. The fourth-order valence-electron chi connectivity index (χ4n) is 1.70. The maximum Gasteiger partial charge on any atom is 0.327 e. The standard InChI is InChI=1S/C14H25N7O3S/c1-9(22)15-10(11(23)24)7-25-8-21(6)14-17-12(19(2)3)16-13(18-14)20(4)5/h10H,7-8H2,1-6H3,(H,15,22)(H,23,24)/t10-/m1/s1. The van der Waals surface area contributed by atoms with E-state index >= 15 is 0 Å². The minimum absolute atomic E-state index is 0.241. The molecule has 0 aliphatic carbocycles. The Hall–Kier alpha value is -2.30.